The van der Waals surface area contributed by atoms with E-state index in [9.17, 15) is 0 Å². The molecule has 2 unspecified atom stereocenters. The maximum atomic E-state index is 3.99. The third kappa shape index (κ3) is 3.83. The number of rotatable bonds is 3. The van der Waals surface area contributed by atoms with Gasteiger partial charge in [0.2, 0.25) is 0 Å². The fraction of sp³-hybridized carbons (Fsp3) is 0.636. The molecule has 0 aromatic heterocycles. The van der Waals surface area contributed by atoms with E-state index < -0.39 is 0 Å². The Kier molecular flexibility index (Phi) is 5.39. The van der Waals surface area contributed by atoms with Crippen LogP contribution < -0.4 is 0 Å². The van der Waals surface area contributed by atoms with Gasteiger partial charge >= 0.3 is 0 Å². The number of aryl methyl sites for hydroxylation is 1. The largest absolute Gasteiger partial charge is 0.103 e. The number of benzene rings is 1. The van der Waals surface area contributed by atoms with Crippen LogP contribution in [0, 0.1) is 24.7 Å². The van der Waals surface area contributed by atoms with Crippen molar-refractivity contribution < 1.29 is 0 Å². The van der Waals surface area contributed by atoms with E-state index in [1.54, 1.807) is 5.56 Å². The summed E-state index contributed by atoms with van der Waals surface area (Å²) in [5.74, 6) is 3.63. The predicted octanol–water partition coefficient (Wildman–Crippen LogP) is 6.65. The van der Waals surface area contributed by atoms with Gasteiger partial charge in [-0.05, 0) is 81.1 Å². The third-order valence-electron chi connectivity index (χ3n) is 6.38. The van der Waals surface area contributed by atoms with Crippen LogP contribution in [0.25, 0.3) is 0 Å². The van der Waals surface area contributed by atoms with Crippen LogP contribution in [0.15, 0.2) is 36.9 Å². The van der Waals surface area contributed by atoms with Crippen LogP contribution in [0.4, 0.5) is 0 Å². The minimum Gasteiger partial charge on any atom is -0.103 e. The highest BCUT2D eigenvalue weighted by molar-refractivity contribution is 5.24. The molecule has 0 heterocycles. The molecule has 2 aliphatic rings. The number of hydrogen-bond donors (Lipinski definition) is 0. The molecule has 120 valence electrons. The maximum Gasteiger partial charge on any atom is -0.0162 e. The predicted molar refractivity (Wildman–Crippen MR) is 96.1 cm³/mol. The topological polar surface area (TPSA) is 0 Å². The first-order valence-corrected chi connectivity index (χ1v) is 9.45. The smallest absolute Gasteiger partial charge is 0.0162 e. The summed E-state index contributed by atoms with van der Waals surface area (Å²) in [6.07, 6.45) is 15.1. The van der Waals surface area contributed by atoms with Crippen molar-refractivity contribution in [1.82, 2.24) is 0 Å². The van der Waals surface area contributed by atoms with Gasteiger partial charge < -0.3 is 0 Å². The lowest BCUT2D eigenvalue weighted by Gasteiger charge is -2.32. The van der Waals surface area contributed by atoms with Crippen LogP contribution in [-0.2, 0) is 0 Å². The van der Waals surface area contributed by atoms with Crippen molar-refractivity contribution in [2.24, 2.45) is 17.8 Å². The molecule has 0 amide bonds. The van der Waals surface area contributed by atoms with Crippen molar-refractivity contribution in [1.29, 1.82) is 0 Å². The Balaban J connectivity index is 1.56. The van der Waals surface area contributed by atoms with E-state index in [2.05, 4.69) is 43.8 Å². The standard InChI is InChI=1S/C22H32/c1-3-18-9-13-22(14-10-18)20-6-4-5-19(15-16-20)21-11-7-17(2)8-12-21/h3,7-8,11-12,18-20,22H,1,4-6,9-10,13-16H2,2H3. The van der Waals surface area contributed by atoms with Crippen molar-refractivity contribution in [3.8, 4) is 0 Å². The normalized spacial score (nSPS) is 33.1. The minimum absolute atomic E-state index is 0.808. The molecule has 1 aromatic carbocycles. The zero-order chi connectivity index (χ0) is 15.4. The Morgan fingerprint density at radius 1 is 0.818 bits per heavy atom. The second-order valence-electron chi connectivity index (χ2n) is 7.79. The van der Waals surface area contributed by atoms with Crippen molar-refractivity contribution in [2.45, 2.75) is 70.6 Å². The van der Waals surface area contributed by atoms with Crippen molar-refractivity contribution in [3.63, 3.8) is 0 Å². The molecule has 0 bridgehead atoms. The lowest BCUT2D eigenvalue weighted by molar-refractivity contribution is 0.205. The molecular formula is C22H32. The van der Waals surface area contributed by atoms with E-state index in [0.717, 1.165) is 23.7 Å². The van der Waals surface area contributed by atoms with Gasteiger partial charge in [-0.3, -0.25) is 0 Å². The molecule has 0 aliphatic heterocycles. The lowest BCUT2D eigenvalue weighted by Crippen LogP contribution is -2.20. The van der Waals surface area contributed by atoms with Crippen molar-refractivity contribution in [2.75, 3.05) is 0 Å². The van der Waals surface area contributed by atoms with Crippen LogP contribution in [0.3, 0.4) is 0 Å². The third-order valence-corrected chi connectivity index (χ3v) is 6.38. The van der Waals surface area contributed by atoms with E-state index in [0.29, 0.717) is 0 Å². The Labute approximate surface area is 137 Å². The molecule has 0 radical (unpaired) electrons. The molecule has 2 aliphatic carbocycles. The van der Waals surface area contributed by atoms with E-state index in [1.165, 1.54) is 63.4 Å². The van der Waals surface area contributed by atoms with E-state index in [4.69, 9.17) is 0 Å². The van der Waals surface area contributed by atoms with Crippen LogP contribution >= 0.6 is 0 Å². The van der Waals surface area contributed by atoms with Gasteiger partial charge in [-0.2, -0.15) is 0 Å². The van der Waals surface area contributed by atoms with Crippen LogP contribution in [0.2, 0.25) is 0 Å². The Morgan fingerprint density at radius 2 is 1.45 bits per heavy atom. The summed E-state index contributed by atoms with van der Waals surface area (Å²) in [6, 6.07) is 9.31. The van der Waals surface area contributed by atoms with Gasteiger partial charge in [0.1, 0.15) is 0 Å². The van der Waals surface area contributed by atoms with Gasteiger partial charge in [0.25, 0.3) is 0 Å². The van der Waals surface area contributed by atoms with Crippen LogP contribution in [0.5, 0.6) is 0 Å². The summed E-state index contributed by atoms with van der Waals surface area (Å²) in [4.78, 5) is 0. The summed E-state index contributed by atoms with van der Waals surface area (Å²) in [5.41, 5.74) is 2.97. The lowest BCUT2D eigenvalue weighted by atomic mass is 9.73. The van der Waals surface area contributed by atoms with Crippen LogP contribution in [-0.4, -0.2) is 0 Å². The molecule has 0 heteroatoms. The second-order valence-corrected chi connectivity index (χ2v) is 7.79. The fourth-order valence-corrected chi connectivity index (χ4v) is 4.83. The molecule has 3 rings (SSSR count). The van der Waals surface area contributed by atoms with Gasteiger partial charge in [-0.15, -0.1) is 6.58 Å². The van der Waals surface area contributed by atoms with Crippen molar-refractivity contribution in [3.05, 3.63) is 48.0 Å². The fourth-order valence-electron chi connectivity index (χ4n) is 4.83. The molecule has 22 heavy (non-hydrogen) atoms. The highest BCUT2D eigenvalue weighted by Gasteiger charge is 2.29. The molecule has 0 nitrogen and oxygen atoms in total. The van der Waals surface area contributed by atoms with Crippen LogP contribution in [0.1, 0.15) is 74.8 Å². The first kappa shape index (κ1) is 15.8. The summed E-state index contributed by atoms with van der Waals surface area (Å²) >= 11 is 0. The minimum atomic E-state index is 0.808. The Morgan fingerprint density at radius 3 is 2.14 bits per heavy atom. The SMILES string of the molecule is C=CC1CCC(C2CCCC(c3ccc(C)cc3)CC2)CC1. The van der Waals surface area contributed by atoms with E-state index in [1.807, 2.05) is 0 Å². The molecule has 2 fully saturated rings. The summed E-state index contributed by atoms with van der Waals surface area (Å²) in [6.45, 7) is 6.17. The van der Waals surface area contributed by atoms with Crippen molar-refractivity contribution >= 4 is 0 Å². The molecule has 0 N–H and O–H groups in total. The number of allylic oxidation sites excluding steroid dienone is 1. The van der Waals surface area contributed by atoms with Gasteiger partial charge in [0.15, 0.2) is 0 Å². The monoisotopic (exact) mass is 296 g/mol. The molecule has 2 saturated carbocycles. The summed E-state index contributed by atoms with van der Waals surface area (Å²) in [7, 11) is 0. The van der Waals surface area contributed by atoms with E-state index >= 15 is 0 Å². The Hall–Kier alpha value is -1.04. The highest BCUT2D eigenvalue weighted by atomic mass is 14.3. The highest BCUT2D eigenvalue weighted by Crippen LogP contribution is 2.42. The average Bonchev–Trinajstić information content (AvgIpc) is 2.82. The van der Waals surface area contributed by atoms with Gasteiger partial charge in [0.05, 0.1) is 0 Å². The first-order valence-electron chi connectivity index (χ1n) is 9.45. The van der Waals surface area contributed by atoms with Gasteiger partial charge in [0, 0.05) is 0 Å². The quantitative estimate of drug-likeness (QED) is 0.432. The molecule has 2 atom stereocenters. The first-order chi connectivity index (χ1) is 10.8. The molecule has 0 spiro atoms. The summed E-state index contributed by atoms with van der Waals surface area (Å²) in [5, 5.41) is 0. The molecule has 1 aromatic rings. The zero-order valence-corrected chi connectivity index (χ0v) is 14.3. The molecule has 0 saturated heterocycles. The van der Waals surface area contributed by atoms with Gasteiger partial charge in [-0.1, -0.05) is 48.7 Å². The van der Waals surface area contributed by atoms with E-state index in [-0.39, 0.29) is 0 Å². The Bertz CT molecular complexity index is 461. The number of hydrogen-bond acceptors (Lipinski definition) is 0. The van der Waals surface area contributed by atoms with Gasteiger partial charge in [-0.25, -0.2) is 0 Å². The second kappa shape index (κ2) is 7.49. The maximum absolute atomic E-state index is 3.99. The summed E-state index contributed by atoms with van der Waals surface area (Å²) < 4.78 is 0. The zero-order valence-electron chi connectivity index (χ0n) is 14.3. The average molecular weight is 296 g/mol. The molecular weight excluding hydrogens is 264 g/mol.